The first-order valence-electron chi connectivity index (χ1n) is 8.98. The number of nitrogens with zero attached hydrogens (tertiary/aromatic N) is 4. The van der Waals surface area contributed by atoms with Crippen molar-refractivity contribution in [1.82, 2.24) is 40.8 Å². The topological polar surface area (TPSA) is 135 Å². The summed E-state index contributed by atoms with van der Waals surface area (Å²) < 4.78 is 25.4. The number of nitrogens with one attached hydrogen (secondary N) is 4. The minimum absolute atomic E-state index is 0.0694. The van der Waals surface area contributed by atoms with Crippen molar-refractivity contribution in [2.24, 2.45) is 0 Å². The van der Waals surface area contributed by atoms with Gasteiger partial charge in [0.25, 0.3) is 18.2 Å². The number of hydrogen-bond acceptors (Lipinski definition) is 5. The third-order valence-electron chi connectivity index (χ3n) is 4.73. The van der Waals surface area contributed by atoms with Gasteiger partial charge in [0.2, 0.25) is 0 Å². The third-order valence-corrected chi connectivity index (χ3v) is 4.73. The predicted octanol–water partition coefficient (Wildman–Crippen LogP) is 0.964. The summed E-state index contributed by atoms with van der Waals surface area (Å²) in [6.07, 6.45) is -0.0392. The number of aromatic nitrogens is 6. The SMILES string of the molecule is O=C(NCCc1ccn[nH]1)c1n[nH]c2c1CCN(C(=O)c1cc(C(F)F)[nH]n1)C2. The van der Waals surface area contributed by atoms with Crippen molar-refractivity contribution in [1.29, 1.82) is 0 Å². The molecule has 0 unspecified atom stereocenters. The van der Waals surface area contributed by atoms with Crippen LogP contribution in [-0.4, -0.2) is 60.4 Å². The lowest BCUT2D eigenvalue weighted by Gasteiger charge is -2.26. The summed E-state index contributed by atoms with van der Waals surface area (Å²) in [6, 6.07) is 2.88. The predicted molar refractivity (Wildman–Crippen MR) is 95.2 cm³/mol. The van der Waals surface area contributed by atoms with Crippen LogP contribution in [0.1, 0.15) is 50.0 Å². The summed E-state index contributed by atoms with van der Waals surface area (Å²) in [5.74, 6) is -0.755. The van der Waals surface area contributed by atoms with Crippen LogP contribution in [0.4, 0.5) is 8.78 Å². The average Bonchev–Trinajstić information content (AvgIpc) is 3.46. The number of H-pyrrole nitrogens is 3. The summed E-state index contributed by atoms with van der Waals surface area (Å²) in [5, 5.41) is 22.2. The van der Waals surface area contributed by atoms with E-state index in [2.05, 4.69) is 35.9 Å². The highest BCUT2D eigenvalue weighted by Crippen LogP contribution is 2.23. The molecule has 4 heterocycles. The molecule has 4 rings (SSSR count). The number of carbonyl (C=O) groups excluding carboxylic acids is 2. The van der Waals surface area contributed by atoms with Gasteiger partial charge in [-0.05, 0) is 18.6 Å². The van der Waals surface area contributed by atoms with Gasteiger partial charge in [0.1, 0.15) is 5.69 Å². The summed E-state index contributed by atoms with van der Waals surface area (Å²) in [7, 11) is 0. The molecule has 1 aliphatic heterocycles. The van der Waals surface area contributed by atoms with Crippen LogP contribution in [0.25, 0.3) is 0 Å². The molecule has 3 aromatic heterocycles. The number of carbonyl (C=O) groups is 2. The fourth-order valence-electron chi connectivity index (χ4n) is 3.22. The molecule has 0 fully saturated rings. The highest BCUT2D eigenvalue weighted by molar-refractivity contribution is 5.95. The van der Waals surface area contributed by atoms with E-state index in [1.807, 2.05) is 6.07 Å². The second-order valence-corrected chi connectivity index (χ2v) is 6.60. The smallest absolute Gasteiger partial charge is 0.279 e. The molecular weight excluding hydrogens is 386 g/mol. The first kappa shape index (κ1) is 18.8. The van der Waals surface area contributed by atoms with Crippen molar-refractivity contribution in [2.75, 3.05) is 13.1 Å². The maximum absolute atomic E-state index is 12.7. The molecule has 29 heavy (non-hydrogen) atoms. The molecule has 4 N–H and O–H groups in total. The van der Waals surface area contributed by atoms with Gasteiger partial charge in [0, 0.05) is 37.0 Å². The van der Waals surface area contributed by atoms with Crippen molar-refractivity contribution in [3.63, 3.8) is 0 Å². The maximum atomic E-state index is 12.7. The summed E-state index contributed by atoms with van der Waals surface area (Å²) in [4.78, 5) is 26.4. The molecule has 152 valence electrons. The summed E-state index contributed by atoms with van der Waals surface area (Å²) in [5.41, 5.74) is 2.14. The van der Waals surface area contributed by atoms with Crippen LogP contribution in [-0.2, 0) is 19.4 Å². The lowest BCUT2D eigenvalue weighted by molar-refractivity contribution is 0.0726. The molecule has 0 aromatic carbocycles. The Hall–Kier alpha value is -3.57. The zero-order chi connectivity index (χ0) is 20.4. The number of rotatable bonds is 6. The van der Waals surface area contributed by atoms with Crippen LogP contribution >= 0.6 is 0 Å². The Morgan fingerprint density at radius 1 is 1.24 bits per heavy atom. The van der Waals surface area contributed by atoms with E-state index in [0.717, 1.165) is 17.3 Å². The standard InChI is InChI=1S/C17H18F2N8O2/c18-15(19)11-7-12(24-23-11)17(29)27-6-3-10-13(8-27)25-26-14(10)16(28)20-4-1-9-2-5-21-22-9/h2,5,7,15H,1,3-4,6,8H2,(H,20,28)(H,21,22)(H,23,24)(H,25,26). The van der Waals surface area contributed by atoms with Gasteiger partial charge < -0.3 is 10.2 Å². The van der Waals surface area contributed by atoms with Crippen molar-refractivity contribution < 1.29 is 18.4 Å². The van der Waals surface area contributed by atoms with Gasteiger partial charge in [0.15, 0.2) is 11.4 Å². The van der Waals surface area contributed by atoms with Gasteiger partial charge in [-0.15, -0.1) is 0 Å². The highest BCUT2D eigenvalue weighted by Gasteiger charge is 2.29. The Bertz CT molecular complexity index is 1010. The van der Waals surface area contributed by atoms with E-state index in [9.17, 15) is 18.4 Å². The molecule has 12 heteroatoms. The second-order valence-electron chi connectivity index (χ2n) is 6.60. The quantitative estimate of drug-likeness (QED) is 0.485. The van der Waals surface area contributed by atoms with Crippen molar-refractivity contribution in [3.05, 3.63) is 52.4 Å². The zero-order valence-corrected chi connectivity index (χ0v) is 15.2. The molecular formula is C17H18F2N8O2. The van der Waals surface area contributed by atoms with Gasteiger partial charge in [0.05, 0.1) is 12.2 Å². The lowest BCUT2D eigenvalue weighted by atomic mass is 10.0. The van der Waals surface area contributed by atoms with Crippen molar-refractivity contribution in [3.8, 4) is 0 Å². The van der Waals surface area contributed by atoms with Crippen LogP contribution in [0.15, 0.2) is 18.3 Å². The van der Waals surface area contributed by atoms with Gasteiger partial charge >= 0.3 is 0 Å². The fourth-order valence-corrected chi connectivity index (χ4v) is 3.22. The van der Waals surface area contributed by atoms with Crippen molar-refractivity contribution >= 4 is 11.8 Å². The molecule has 3 aromatic rings. The maximum Gasteiger partial charge on any atom is 0.279 e. The molecule has 10 nitrogen and oxygen atoms in total. The van der Waals surface area contributed by atoms with E-state index in [0.29, 0.717) is 37.3 Å². The minimum atomic E-state index is -2.72. The monoisotopic (exact) mass is 404 g/mol. The summed E-state index contributed by atoms with van der Waals surface area (Å²) >= 11 is 0. The Balaban J connectivity index is 1.38. The molecule has 0 aliphatic carbocycles. The number of amides is 2. The van der Waals surface area contributed by atoms with Crippen LogP contribution < -0.4 is 5.32 Å². The van der Waals surface area contributed by atoms with Crippen molar-refractivity contribution in [2.45, 2.75) is 25.8 Å². The van der Waals surface area contributed by atoms with Crippen LogP contribution in [0.2, 0.25) is 0 Å². The number of fused-ring (bicyclic) bond motifs is 1. The first-order valence-corrected chi connectivity index (χ1v) is 8.98. The van der Waals surface area contributed by atoms with Gasteiger partial charge in [-0.25, -0.2) is 8.78 Å². The first-order chi connectivity index (χ1) is 14.0. The fraction of sp³-hybridized carbons (Fsp3) is 0.353. The van der Waals surface area contributed by atoms with E-state index in [1.54, 1.807) is 6.20 Å². The van der Waals surface area contributed by atoms with Gasteiger partial charge in [-0.1, -0.05) is 0 Å². The minimum Gasteiger partial charge on any atom is -0.350 e. The van der Waals surface area contributed by atoms with Gasteiger partial charge in [-0.2, -0.15) is 15.3 Å². The number of halogens is 2. The molecule has 1 aliphatic rings. The number of aromatic amines is 3. The largest absolute Gasteiger partial charge is 0.350 e. The number of hydrogen-bond donors (Lipinski definition) is 4. The molecule has 0 bridgehead atoms. The second kappa shape index (κ2) is 7.81. The molecule has 0 atom stereocenters. The molecule has 0 radical (unpaired) electrons. The Morgan fingerprint density at radius 2 is 2.10 bits per heavy atom. The zero-order valence-electron chi connectivity index (χ0n) is 15.2. The Kier molecular flexibility index (Phi) is 5.06. The van der Waals surface area contributed by atoms with E-state index >= 15 is 0 Å². The lowest BCUT2D eigenvalue weighted by Crippen LogP contribution is -2.37. The third kappa shape index (κ3) is 3.86. The molecule has 0 spiro atoms. The normalized spacial score (nSPS) is 13.6. The van der Waals surface area contributed by atoms with E-state index in [1.165, 1.54) is 4.90 Å². The average molecular weight is 404 g/mol. The van der Waals surface area contributed by atoms with E-state index < -0.39 is 18.0 Å². The summed E-state index contributed by atoms with van der Waals surface area (Å²) in [6.45, 7) is 0.953. The van der Waals surface area contributed by atoms with E-state index in [-0.39, 0.29) is 18.1 Å². The Morgan fingerprint density at radius 3 is 2.83 bits per heavy atom. The van der Waals surface area contributed by atoms with Crippen LogP contribution in [0, 0.1) is 0 Å². The van der Waals surface area contributed by atoms with Crippen LogP contribution in [0.3, 0.4) is 0 Å². The molecule has 0 saturated carbocycles. The van der Waals surface area contributed by atoms with Crippen LogP contribution in [0.5, 0.6) is 0 Å². The van der Waals surface area contributed by atoms with E-state index in [4.69, 9.17) is 0 Å². The number of alkyl halides is 2. The molecule has 2 amide bonds. The van der Waals surface area contributed by atoms with Gasteiger partial charge in [-0.3, -0.25) is 24.9 Å². The molecule has 0 saturated heterocycles. The Labute approximate surface area is 163 Å². The highest BCUT2D eigenvalue weighted by atomic mass is 19.3.